The molecule has 1 heterocycles. The standard InChI is InChI=1S/C15H20Cl2N2O/c1-10(6-12-2-3-13(16)7-14(12)17)15(20)19-5-4-11(8-18)9-19/h2-3,7,10-11H,4-6,8-9,18H2,1H3. The van der Waals surface area contributed by atoms with Gasteiger partial charge in [-0.3, -0.25) is 4.79 Å². The highest BCUT2D eigenvalue weighted by Crippen LogP contribution is 2.25. The lowest BCUT2D eigenvalue weighted by Gasteiger charge is -2.21. The van der Waals surface area contributed by atoms with Crippen LogP contribution in [-0.2, 0) is 11.2 Å². The van der Waals surface area contributed by atoms with Gasteiger partial charge in [-0.05, 0) is 43.0 Å². The number of halogens is 2. The van der Waals surface area contributed by atoms with E-state index < -0.39 is 0 Å². The van der Waals surface area contributed by atoms with Gasteiger partial charge in [-0.15, -0.1) is 0 Å². The van der Waals surface area contributed by atoms with Crippen molar-refractivity contribution in [3.05, 3.63) is 33.8 Å². The van der Waals surface area contributed by atoms with E-state index in [0.717, 1.165) is 25.1 Å². The minimum atomic E-state index is -0.0785. The number of nitrogens with two attached hydrogens (primary N) is 1. The van der Waals surface area contributed by atoms with Crippen LogP contribution in [-0.4, -0.2) is 30.4 Å². The highest BCUT2D eigenvalue weighted by Gasteiger charge is 2.28. The van der Waals surface area contributed by atoms with Crippen LogP contribution in [0.2, 0.25) is 10.0 Å². The molecule has 2 atom stereocenters. The summed E-state index contributed by atoms with van der Waals surface area (Å²) in [6, 6.07) is 5.41. The zero-order chi connectivity index (χ0) is 14.7. The van der Waals surface area contributed by atoms with Gasteiger partial charge in [0.1, 0.15) is 0 Å². The smallest absolute Gasteiger partial charge is 0.225 e. The first kappa shape index (κ1) is 15.6. The number of benzene rings is 1. The fourth-order valence-electron chi connectivity index (χ4n) is 2.64. The number of hydrogen-bond acceptors (Lipinski definition) is 2. The first-order valence-electron chi connectivity index (χ1n) is 6.94. The average molecular weight is 315 g/mol. The molecule has 1 aromatic rings. The van der Waals surface area contributed by atoms with E-state index in [-0.39, 0.29) is 11.8 Å². The largest absolute Gasteiger partial charge is 0.342 e. The third-order valence-corrected chi connectivity index (χ3v) is 4.48. The van der Waals surface area contributed by atoms with Gasteiger partial charge < -0.3 is 10.6 Å². The van der Waals surface area contributed by atoms with Crippen LogP contribution in [0, 0.1) is 11.8 Å². The van der Waals surface area contributed by atoms with Gasteiger partial charge >= 0.3 is 0 Å². The molecule has 1 aliphatic rings. The maximum absolute atomic E-state index is 12.4. The van der Waals surface area contributed by atoms with E-state index >= 15 is 0 Å². The molecule has 0 aliphatic carbocycles. The monoisotopic (exact) mass is 314 g/mol. The number of hydrogen-bond donors (Lipinski definition) is 1. The molecule has 2 N–H and O–H groups in total. The SMILES string of the molecule is CC(Cc1ccc(Cl)cc1Cl)C(=O)N1CCC(CN)C1. The Morgan fingerprint density at radius 1 is 1.50 bits per heavy atom. The van der Waals surface area contributed by atoms with Gasteiger partial charge in [-0.2, -0.15) is 0 Å². The van der Waals surface area contributed by atoms with E-state index in [2.05, 4.69) is 0 Å². The first-order valence-corrected chi connectivity index (χ1v) is 7.69. The summed E-state index contributed by atoms with van der Waals surface area (Å²) < 4.78 is 0. The molecule has 1 saturated heterocycles. The lowest BCUT2D eigenvalue weighted by atomic mass is 10.00. The summed E-state index contributed by atoms with van der Waals surface area (Å²) in [6.45, 7) is 4.21. The third kappa shape index (κ3) is 3.66. The van der Waals surface area contributed by atoms with Gasteiger partial charge in [0.2, 0.25) is 5.91 Å². The van der Waals surface area contributed by atoms with Crippen LogP contribution in [0.5, 0.6) is 0 Å². The number of rotatable bonds is 4. The Hall–Kier alpha value is -0.770. The second kappa shape index (κ2) is 6.79. The molecule has 1 aliphatic heterocycles. The lowest BCUT2D eigenvalue weighted by Crippen LogP contribution is -2.34. The second-order valence-electron chi connectivity index (χ2n) is 5.52. The van der Waals surface area contributed by atoms with Gasteiger partial charge in [-0.1, -0.05) is 36.2 Å². The van der Waals surface area contributed by atoms with Gasteiger partial charge in [0.05, 0.1) is 0 Å². The molecule has 5 heteroatoms. The van der Waals surface area contributed by atoms with Crippen LogP contribution in [0.4, 0.5) is 0 Å². The number of carbonyl (C=O) groups excluding carboxylic acids is 1. The van der Waals surface area contributed by atoms with E-state index in [1.807, 2.05) is 17.9 Å². The molecular formula is C15H20Cl2N2O. The van der Waals surface area contributed by atoms with Crippen molar-refractivity contribution in [2.45, 2.75) is 19.8 Å². The number of likely N-dealkylation sites (tertiary alicyclic amines) is 1. The number of nitrogens with zero attached hydrogens (tertiary/aromatic N) is 1. The van der Waals surface area contributed by atoms with Crippen LogP contribution in [0.1, 0.15) is 18.9 Å². The molecule has 2 unspecified atom stereocenters. The normalized spacial score (nSPS) is 20.2. The fourth-order valence-corrected chi connectivity index (χ4v) is 3.13. The Morgan fingerprint density at radius 3 is 2.85 bits per heavy atom. The predicted molar refractivity (Wildman–Crippen MR) is 83.1 cm³/mol. The summed E-state index contributed by atoms with van der Waals surface area (Å²) in [5.74, 6) is 0.558. The molecule has 1 amide bonds. The molecule has 0 aromatic heterocycles. The molecule has 20 heavy (non-hydrogen) atoms. The van der Waals surface area contributed by atoms with Crippen LogP contribution in [0.3, 0.4) is 0 Å². The quantitative estimate of drug-likeness (QED) is 0.928. The molecule has 110 valence electrons. The third-order valence-electron chi connectivity index (χ3n) is 3.89. The molecule has 2 rings (SSSR count). The predicted octanol–water partition coefficient (Wildman–Crippen LogP) is 2.98. The number of carbonyl (C=O) groups is 1. The molecule has 0 spiro atoms. The van der Waals surface area contributed by atoms with Crippen LogP contribution >= 0.6 is 23.2 Å². The van der Waals surface area contributed by atoms with Crippen molar-refractivity contribution in [2.75, 3.05) is 19.6 Å². The maximum Gasteiger partial charge on any atom is 0.225 e. The van der Waals surface area contributed by atoms with Crippen molar-refractivity contribution < 1.29 is 4.79 Å². The van der Waals surface area contributed by atoms with Gasteiger partial charge in [0.25, 0.3) is 0 Å². The van der Waals surface area contributed by atoms with Crippen molar-refractivity contribution in [1.29, 1.82) is 0 Å². The highest BCUT2D eigenvalue weighted by atomic mass is 35.5. The fraction of sp³-hybridized carbons (Fsp3) is 0.533. The molecule has 0 bridgehead atoms. The zero-order valence-electron chi connectivity index (χ0n) is 11.6. The highest BCUT2D eigenvalue weighted by molar-refractivity contribution is 6.35. The Bertz CT molecular complexity index is 493. The van der Waals surface area contributed by atoms with Gasteiger partial charge in [0.15, 0.2) is 0 Å². The summed E-state index contributed by atoms with van der Waals surface area (Å²) in [5.41, 5.74) is 6.63. The Morgan fingerprint density at radius 2 is 2.25 bits per heavy atom. The van der Waals surface area contributed by atoms with E-state index in [0.29, 0.717) is 28.9 Å². The lowest BCUT2D eigenvalue weighted by molar-refractivity contribution is -0.134. The Balaban J connectivity index is 1.97. The van der Waals surface area contributed by atoms with Crippen molar-refractivity contribution in [3.63, 3.8) is 0 Å². The van der Waals surface area contributed by atoms with Crippen LogP contribution < -0.4 is 5.73 Å². The summed E-state index contributed by atoms with van der Waals surface area (Å²) in [7, 11) is 0. The summed E-state index contributed by atoms with van der Waals surface area (Å²) in [4.78, 5) is 14.3. The van der Waals surface area contributed by atoms with Crippen LogP contribution in [0.15, 0.2) is 18.2 Å². The van der Waals surface area contributed by atoms with E-state index in [9.17, 15) is 4.79 Å². The first-order chi connectivity index (χ1) is 9.51. The average Bonchev–Trinajstić information content (AvgIpc) is 2.89. The van der Waals surface area contributed by atoms with Crippen molar-refractivity contribution in [1.82, 2.24) is 4.90 Å². The molecule has 0 saturated carbocycles. The molecule has 1 aromatic carbocycles. The summed E-state index contributed by atoms with van der Waals surface area (Å²) >= 11 is 12.0. The minimum Gasteiger partial charge on any atom is -0.342 e. The van der Waals surface area contributed by atoms with Gasteiger partial charge in [0, 0.05) is 29.1 Å². The Kier molecular flexibility index (Phi) is 5.30. The topological polar surface area (TPSA) is 46.3 Å². The van der Waals surface area contributed by atoms with Crippen molar-refractivity contribution in [2.24, 2.45) is 17.6 Å². The molecular weight excluding hydrogens is 295 g/mol. The van der Waals surface area contributed by atoms with Crippen molar-refractivity contribution in [3.8, 4) is 0 Å². The zero-order valence-corrected chi connectivity index (χ0v) is 13.1. The number of amides is 1. The minimum absolute atomic E-state index is 0.0785. The van der Waals surface area contributed by atoms with E-state index in [1.54, 1.807) is 12.1 Å². The molecule has 1 fully saturated rings. The molecule has 3 nitrogen and oxygen atoms in total. The second-order valence-corrected chi connectivity index (χ2v) is 6.36. The van der Waals surface area contributed by atoms with Crippen molar-refractivity contribution >= 4 is 29.1 Å². The summed E-state index contributed by atoms with van der Waals surface area (Å²) in [5, 5.41) is 1.24. The van der Waals surface area contributed by atoms with E-state index in [1.165, 1.54) is 0 Å². The molecule has 0 radical (unpaired) electrons. The maximum atomic E-state index is 12.4. The summed E-state index contributed by atoms with van der Waals surface area (Å²) in [6.07, 6.45) is 1.65. The van der Waals surface area contributed by atoms with Crippen LogP contribution in [0.25, 0.3) is 0 Å². The Labute approximate surface area is 130 Å². The van der Waals surface area contributed by atoms with Gasteiger partial charge in [-0.25, -0.2) is 0 Å². The van der Waals surface area contributed by atoms with E-state index in [4.69, 9.17) is 28.9 Å².